The molecule has 1 aromatic carbocycles. The van der Waals surface area contributed by atoms with Gasteiger partial charge in [0.05, 0.1) is 0 Å². The van der Waals surface area contributed by atoms with E-state index in [1.54, 1.807) is 19.1 Å². The third-order valence-corrected chi connectivity index (χ3v) is 2.47. The van der Waals surface area contributed by atoms with Gasteiger partial charge in [0.15, 0.2) is 5.69 Å². The van der Waals surface area contributed by atoms with E-state index in [1.165, 1.54) is 12.1 Å². The highest BCUT2D eigenvalue weighted by atomic mass is 19.4. The van der Waals surface area contributed by atoms with E-state index >= 15 is 0 Å². The van der Waals surface area contributed by atoms with Crippen molar-refractivity contribution in [3.63, 3.8) is 0 Å². The van der Waals surface area contributed by atoms with Gasteiger partial charge in [-0.15, -0.1) is 10.2 Å². The highest BCUT2D eigenvalue weighted by Crippen LogP contribution is 2.34. The SMILES string of the molecule is Cc1ccc(-c2nc(C(=O)O)nnc2C(F)(F)F)cc1. The molecule has 20 heavy (non-hydrogen) atoms. The summed E-state index contributed by atoms with van der Waals surface area (Å²) < 4.78 is 38.6. The van der Waals surface area contributed by atoms with Crippen LogP contribution in [-0.4, -0.2) is 26.3 Å². The van der Waals surface area contributed by atoms with E-state index in [0.717, 1.165) is 5.56 Å². The number of alkyl halides is 3. The molecule has 0 bridgehead atoms. The number of rotatable bonds is 2. The fourth-order valence-corrected chi connectivity index (χ4v) is 1.52. The van der Waals surface area contributed by atoms with E-state index in [-0.39, 0.29) is 5.56 Å². The van der Waals surface area contributed by atoms with E-state index in [9.17, 15) is 18.0 Å². The van der Waals surface area contributed by atoms with Gasteiger partial charge in [-0.3, -0.25) is 0 Å². The van der Waals surface area contributed by atoms with Gasteiger partial charge in [0.2, 0.25) is 0 Å². The summed E-state index contributed by atoms with van der Waals surface area (Å²) >= 11 is 0. The molecule has 1 N–H and O–H groups in total. The first kappa shape index (κ1) is 13.9. The number of carboxylic acid groups (broad SMARTS) is 1. The van der Waals surface area contributed by atoms with Crippen LogP contribution in [0.2, 0.25) is 0 Å². The maximum Gasteiger partial charge on any atom is 0.437 e. The average Bonchev–Trinajstić information content (AvgIpc) is 2.37. The third-order valence-electron chi connectivity index (χ3n) is 2.47. The minimum atomic E-state index is -4.77. The minimum Gasteiger partial charge on any atom is -0.475 e. The van der Waals surface area contributed by atoms with Gasteiger partial charge in [0.1, 0.15) is 5.69 Å². The van der Waals surface area contributed by atoms with Crippen LogP contribution < -0.4 is 0 Å². The molecule has 0 spiro atoms. The van der Waals surface area contributed by atoms with E-state index < -0.39 is 29.4 Å². The second kappa shape index (κ2) is 4.87. The second-order valence-electron chi connectivity index (χ2n) is 4.00. The summed E-state index contributed by atoms with van der Waals surface area (Å²) in [4.78, 5) is 14.2. The summed E-state index contributed by atoms with van der Waals surface area (Å²) in [7, 11) is 0. The maximum absolute atomic E-state index is 12.9. The number of aryl methyl sites for hydroxylation is 1. The van der Waals surface area contributed by atoms with E-state index in [4.69, 9.17) is 5.11 Å². The molecule has 0 aliphatic heterocycles. The van der Waals surface area contributed by atoms with Crippen LogP contribution >= 0.6 is 0 Å². The van der Waals surface area contributed by atoms with Gasteiger partial charge in [-0.25, -0.2) is 9.78 Å². The number of carbonyl (C=O) groups is 1. The minimum absolute atomic E-state index is 0.125. The van der Waals surface area contributed by atoms with Crippen LogP contribution in [-0.2, 0) is 6.18 Å². The highest BCUT2D eigenvalue weighted by Gasteiger charge is 2.38. The molecule has 2 rings (SSSR count). The zero-order chi connectivity index (χ0) is 14.9. The predicted molar refractivity (Wildman–Crippen MR) is 62.0 cm³/mol. The summed E-state index contributed by atoms with van der Waals surface area (Å²) in [5, 5.41) is 14.7. The number of hydrogen-bond acceptors (Lipinski definition) is 4. The zero-order valence-corrected chi connectivity index (χ0v) is 10.1. The summed E-state index contributed by atoms with van der Waals surface area (Å²) in [5.41, 5.74) is -0.889. The van der Waals surface area contributed by atoms with Crippen LogP contribution in [0.4, 0.5) is 13.2 Å². The molecule has 0 amide bonds. The van der Waals surface area contributed by atoms with Crippen LogP contribution in [0.25, 0.3) is 11.3 Å². The summed E-state index contributed by atoms with van der Waals surface area (Å²) in [6.07, 6.45) is -4.77. The molecule has 0 atom stereocenters. The number of carboxylic acids is 1. The van der Waals surface area contributed by atoms with Crippen molar-refractivity contribution in [1.29, 1.82) is 0 Å². The molecule has 1 heterocycles. The molecule has 0 saturated heterocycles. The van der Waals surface area contributed by atoms with Crippen LogP contribution in [0.15, 0.2) is 24.3 Å². The lowest BCUT2D eigenvalue weighted by molar-refractivity contribution is -0.141. The van der Waals surface area contributed by atoms with Gasteiger partial charge in [-0.05, 0) is 6.92 Å². The molecule has 1 aromatic heterocycles. The Balaban J connectivity index is 2.66. The fraction of sp³-hybridized carbons (Fsp3) is 0.167. The number of aromatic carboxylic acids is 1. The van der Waals surface area contributed by atoms with Gasteiger partial charge < -0.3 is 5.11 Å². The first-order valence-corrected chi connectivity index (χ1v) is 5.41. The molecule has 0 fully saturated rings. The van der Waals surface area contributed by atoms with Crippen LogP contribution in [0.5, 0.6) is 0 Å². The number of nitrogens with zero attached hydrogens (tertiary/aromatic N) is 3. The van der Waals surface area contributed by atoms with Crippen LogP contribution in [0.1, 0.15) is 21.9 Å². The third kappa shape index (κ3) is 2.73. The van der Waals surface area contributed by atoms with Gasteiger partial charge in [0.25, 0.3) is 5.82 Å². The largest absolute Gasteiger partial charge is 0.475 e. The van der Waals surface area contributed by atoms with Gasteiger partial charge >= 0.3 is 12.1 Å². The number of hydrogen-bond donors (Lipinski definition) is 1. The summed E-state index contributed by atoms with van der Waals surface area (Å²) in [6.45, 7) is 1.77. The molecular formula is C12H8F3N3O2. The van der Waals surface area contributed by atoms with Crippen molar-refractivity contribution in [3.05, 3.63) is 41.3 Å². The van der Waals surface area contributed by atoms with Crippen molar-refractivity contribution in [2.24, 2.45) is 0 Å². The number of halogens is 3. The lowest BCUT2D eigenvalue weighted by Gasteiger charge is -2.10. The molecule has 0 aliphatic carbocycles. The average molecular weight is 283 g/mol. The molecule has 0 radical (unpaired) electrons. The summed E-state index contributed by atoms with van der Waals surface area (Å²) in [5.74, 6) is -2.33. The Hall–Kier alpha value is -2.51. The van der Waals surface area contributed by atoms with Crippen LogP contribution in [0.3, 0.4) is 0 Å². The monoisotopic (exact) mass is 283 g/mol. The van der Waals surface area contributed by atoms with Crippen molar-refractivity contribution in [1.82, 2.24) is 15.2 Å². The second-order valence-corrected chi connectivity index (χ2v) is 4.00. The standard InChI is InChI=1S/C12H8F3N3O2/c1-6-2-4-7(5-3-6)8-9(12(13,14)15)17-18-10(16-8)11(19)20/h2-5H,1H3,(H,19,20). The Morgan fingerprint density at radius 3 is 2.25 bits per heavy atom. The van der Waals surface area contributed by atoms with Crippen molar-refractivity contribution >= 4 is 5.97 Å². The van der Waals surface area contributed by atoms with Gasteiger partial charge in [0, 0.05) is 5.56 Å². The van der Waals surface area contributed by atoms with Crippen molar-refractivity contribution in [2.45, 2.75) is 13.1 Å². The molecule has 8 heteroatoms. The lowest BCUT2D eigenvalue weighted by atomic mass is 10.1. The quantitative estimate of drug-likeness (QED) is 0.916. The Morgan fingerprint density at radius 2 is 1.75 bits per heavy atom. The molecule has 0 saturated carbocycles. The molecule has 2 aromatic rings. The fourth-order valence-electron chi connectivity index (χ4n) is 1.52. The maximum atomic E-state index is 12.9. The molecule has 104 valence electrons. The molecule has 5 nitrogen and oxygen atoms in total. The Bertz CT molecular complexity index is 654. The topological polar surface area (TPSA) is 76.0 Å². The number of benzene rings is 1. The van der Waals surface area contributed by atoms with Gasteiger partial charge in [-0.2, -0.15) is 13.2 Å². The lowest BCUT2D eigenvalue weighted by Crippen LogP contribution is -2.16. The summed E-state index contributed by atoms with van der Waals surface area (Å²) in [6, 6.07) is 6.02. The smallest absolute Gasteiger partial charge is 0.437 e. The zero-order valence-electron chi connectivity index (χ0n) is 10.1. The Morgan fingerprint density at radius 1 is 1.15 bits per heavy atom. The highest BCUT2D eigenvalue weighted by molar-refractivity contribution is 5.83. The predicted octanol–water partition coefficient (Wildman–Crippen LogP) is 2.56. The molecule has 0 unspecified atom stereocenters. The van der Waals surface area contributed by atoms with Crippen LogP contribution in [0, 0.1) is 6.92 Å². The molecular weight excluding hydrogens is 275 g/mol. The van der Waals surface area contributed by atoms with Crippen molar-refractivity contribution in [2.75, 3.05) is 0 Å². The first-order chi connectivity index (χ1) is 9.29. The molecule has 0 aliphatic rings. The van der Waals surface area contributed by atoms with E-state index in [2.05, 4.69) is 15.2 Å². The normalized spacial score (nSPS) is 11.4. The van der Waals surface area contributed by atoms with Crippen molar-refractivity contribution < 1.29 is 23.1 Å². The first-order valence-electron chi connectivity index (χ1n) is 5.41. The van der Waals surface area contributed by atoms with Gasteiger partial charge in [-0.1, -0.05) is 29.8 Å². The van der Waals surface area contributed by atoms with Crippen molar-refractivity contribution in [3.8, 4) is 11.3 Å². The Labute approximate surface area is 111 Å². The van der Waals surface area contributed by atoms with E-state index in [1.807, 2.05) is 0 Å². The number of aromatic nitrogens is 3. The van der Waals surface area contributed by atoms with E-state index in [0.29, 0.717) is 0 Å². The Kier molecular flexibility index (Phi) is 3.39.